The van der Waals surface area contributed by atoms with Crippen molar-refractivity contribution >= 4 is 0 Å². The molecule has 0 nitrogen and oxygen atoms in total. The molecule has 3 rings (SSSR count). The summed E-state index contributed by atoms with van der Waals surface area (Å²) in [6.45, 7) is 21.8. The topological polar surface area (TPSA) is 0 Å². The van der Waals surface area contributed by atoms with E-state index in [4.69, 9.17) is 0 Å². The first-order chi connectivity index (χ1) is 14.1. The van der Waals surface area contributed by atoms with Crippen LogP contribution in [0.5, 0.6) is 0 Å². The van der Waals surface area contributed by atoms with Crippen LogP contribution in [0.25, 0.3) is 0 Å². The Hall–Kier alpha value is -0.260. The van der Waals surface area contributed by atoms with Crippen molar-refractivity contribution < 1.29 is 0 Å². The Bertz CT molecular complexity index is 573. The molecule has 0 aromatic rings. The molecule has 0 N–H and O–H groups in total. The molecule has 0 bridgehead atoms. The minimum atomic E-state index is 0.583. The summed E-state index contributed by atoms with van der Waals surface area (Å²) in [4.78, 5) is 0. The van der Waals surface area contributed by atoms with Gasteiger partial charge in [0.2, 0.25) is 0 Å². The second-order valence-electron chi connectivity index (χ2n) is 13.3. The van der Waals surface area contributed by atoms with Crippen molar-refractivity contribution in [3.05, 3.63) is 12.2 Å². The molecule has 3 aliphatic rings. The molecule has 0 amide bonds. The molecule has 0 radical (unpaired) electrons. The number of allylic oxidation sites excluding steroid dienone is 1. The van der Waals surface area contributed by atoms with Gasteiger partial charge in [0.1, 0.15) is 0 Å². The summed E-state index contributed by atoms with van der Waals surface area (Å²) >= 11 is 0. The molecular formula is C30H54. The van der Waals surface area contributed by atoms with E-state index in [1.165, 1.54) is 82.6 Å². The van der Waals surface area contributed by atoms with Gasteiger partial charge in [-0.1, -0.05) is 72.8 Å². The molecule has 0 aromatic heterocycles. The molecule has 0 heterocycles. The molecule has 3 saturated carbocycles. The van der Waals surface area contributed by atoms with Crippen LogP contribution in [-0.2, 0) is 0 Å². The summed E-state index contributed by atoms with van der Waals surface area (Å²) < 4.78 is 0. The van der Waals surface area contributed by atoms with Gasteiger partial charge in [0.05, 0.1) is 0 Å². The summed E-state index contributed by atoms with van der Waals surface area (Å²) in [5, 5.41) is 0. The highest BCUT2D eigenvalue weighted by molar-refractivity contribution is 5.09. The third-order valence-electron chi connectivity index (χ3n) is 10.4. The normalized spacial score (nSPS) is 42.1. The Labute approximate surface area is 190 Å². The zero-order valence-electron chi connectivity index (χ0n) is 21.7. The van der Waals surface area contributed by atoms with Crippen molar-refractivity contribution in [1.82, 2.24) is 0 Å². The first-order valence-electron chi connectivity index (χ1n) is 13.7. The molecule has 0 heteroatoms. The number of rotatable bonds is 9. The van der Waals surface area contributed by atoms with Crippen LogP contribution in [0.1, 0.15) is 126 Å². The molecule has 0 aromatic carbocycles. The largest absolute Gasteiger partial charge is 0.100 e. The van der Waals surface area contributed by atoms with E-state index in [1.54, 1.807) is 0 Å². The van der Waals surface area contributed by atoms with Crippen LogP contribution in [0.15, 0.2) is 12.2 Å². The Morgan fingerprint density at radius 3 is 2.40 bits per heavy atom. The van der Waals surface area contributed by atoms with E-state index in [2.05, 4.69) is 55.0 Å². The van der Waals surface area contributed by atoms with E-state index in [1.807, 2.05) is 0 Å². The predicted molar refractivity (Wildman–Crippen MR) is 134 cm³/mol. The highest BCUT2D eigenvalue weighted by atomic mass is 14.6. The molecule has 8 atom stereocenters. The van der Waals surface area contributed by atoms with E-state index in [9.17, 15) is 0 Å². The molecule has 0 saturated heterocycles. The third-order valence-corrected chi connectivity index (χ3v) is 10.4. The summed E-state index contributed by atoms with van der Waals surface area (Å²) in [5.41, 5.74) is 2.62. The monoisotopic (exact) mass is 414 g/mol. The van der Waals surface area contributed by atoms with Gasteiger partial charge in [-0.2, -0.15) is 0 Å². The zero-order chi connectivity index (χ0) is 22.1. The van der Waals surface area contributed by atoms with Crippen LogP contribution in [0, 0.1) is 52.3 Å². The van der Waals surface area contributed by atoms with Gasteiger partial charge in [-0.25, -0.2) is 0 Å². The van der Waals surface area contributed by atoms with Gasteiger partial charge < -0.3 is 0 Å². The fourth-order valence-corrected chi connectivity index (χ4v) is 9.29. The van der Waals surface area contributed by atoms with Crippen molar-refractivity contribution in [2.45, 2.75) is 126 Å². The Morgan fingerprint density at radius 1 is 1.03 bits per heavy atom. The highest BCUT2D eigenvalue weighted by Gasteiger charge is 2.59. The summed E-state index contributed by atoms with van der Waals surface area (Å²) in [6, 6.07) is 0. The maximum Gasteiger partial charge on any atom is -0.0264 e. The van der Waals surface area contributed by atoms with Gasteiger partial charge in [-0.15, -0.1) is 6.58 Å². The molecule has 0 aliphatic heterocycles. The van der Waals surface area contributed by atoms with E-state index in [0.717, 1.165) is 41.4 Å². The SMILES string of the molecule is C=C(C)CC1CC2C(CCC3(C)C(C(C)CCCC(C)C)CCC23)C(C)(CCC)C1. The lowest BCUT2D eigenvalue weighted by Gasteiger charge is -2.59. The average Bonchev–Trinajstić information content (AvgIpc) is 2.98. The quantitative estimate of drug-likeness (QED) is 0.329. The van der Waals surface area contributed by atoms with Crippen LogP contribution in [0.3, 0.4) is 0 Å². The zero-order valence-corrected chi connectivity index (χ0v) is 21.7. The standard InChI is InChI=1S/C30H54/c1-9-16-29(7)20-24(18-22(4)5)19-25-27(29)15-17-30(8)26(13-14-28(25)30)23(6)12-10-11-21(2)3/h21,23-28H,4,9-20H2,1-3,5-8H3. The number of hydrogen-bond acceptors (Lipinski definition) is 0. The van der Waals surface area contributed by atoms with Crippen molar-refractivity contribution in [3.8, 4) is 0 Å². The minimum absolute atomic E-state index is 0.583. The molecule has 0 spiro atoms. The van der Waals surface area contributed by atoms with Crippen LogP contribution in [-0.4, -0.2) is 0 Å². The van der Waals surface area contributed by atoms with E-state index >= 15 is 0 Å². The first kappa shape index (κ1) is 24.4. The van der Waals surface area contributed by atoms with Crippen LogP contribution < -0.4 is 0 Å². The Kier molecular flexibility index (Phi) is 7.89. The van der Waals surface area contributed by atoms with E-state index in [0.29, 0.717) is 10.8 Å². The lowest BCUT2D eigenvalue weighted by Crippen LogP contribution is -2.51. The summed E-state index contributed by atoms with van der Waals surface area (Å²) in [5.74, 6) is 6.64. The molecule has 30 heavy (non-hydrogen) atoms. The molecule has 174 valence electrons. The van der Waals surface area contributed by atoms with Crippen molar-refractivity contribution in [2.24, 2.45) is 52.3 Å². The van der Waals surface area contributed by atoms with Crippen molar-refractivity contribution in [2.75, 3.05) is 0 Å². The first-order valence-corrected chi connectivity index (χ1v) is 13.7. The fourth-order valence-electron chi connectivity index (χ4n) is 9.29. The second kappa shape index (κ2) is 9.70. The van der Waals surface area contributed by atoms with Gasteiger partial charge >= 0.3 is 0 Å². The van der Waals surface area contributed by atoms with Crippen LogP contribution in [0.4, 0.5) is 0 Å². The Balaban J connectivity index is 1.77. The lowest BCUT2D eigenvalue weighted by atomic mass is 9.46. The smallest absolute Gasteiger partial charge is 0.0264 e. The molecule has 8 unspecified atom stereocenters. The third kappa shape index (κ3) is 4.88. The van der Waals surface area contributed by atoms with Crippen LogP contribution >= 0.6 is 0 Å². The molecule has 3 aliphatic carbocycles. The number of hydrogen-bond donors (Lipinski definition) is 0. The maximum atomic E-state index is 4.30. The molecule has 3 fully saturated rings. The van der Waals surface area contributed by atoms with E-state index in [-0.39, 0.29) is 0 Å². The van der Waals surface area contributed by atoms with Gasteiger partial charge in [0.15, 0.2) is 0 Å². The molecular weight excluding hydrogens is 360 g/mol. The number of fused-ring (bicyclic) bond motifs is 3. The predicted octanol–water partition coefficient (Wildman–Crippen LogP) is 9.69. The minimum Gasteiger partial charge on any atom is -0.100 e. The second-order valence-corrected chi connectivity index (χ2v) is 13.3. The van der Waals surface area contributed by atoms with Crippen molar-refractivity contribution in [3.63, 3.8) is 0 Å². The van der Waals surface area contributed by atoms with Gasteiger partial charge in [-0.05, 0) is 111 Å². The summed E-state index contributed by atoms with van der Waals surface area (Å²) in [7, 11) is 0. The van der Waals surface area contributed by atoms with Gasteiger partial charge in [0.25, 0.3) is 0 Å². The lowest BCUT2D eigenvalue weighted by molar-refractivity contribution is -0.0935. The van der Waals surface area contributed by atoms with E-state index < -0.39 is 0 Å². The fraction of sp³-hybridized carbons (Fsp3) is 0.933. The average molecular weight is 415 g/mol. The van der Waals surface area contributed by atoms with Crippen molar-refractivity contribution in [1.29, 1.82) is 0 Å². The van der Waals surface area contributed by atoms with Crippen LogP contribution in [0.2, 0.25) is 0 Å². The highest BCUT2D eigenvalue weighted by Crippen LogP contribution is 2.67. The van der Waals surface area contributed by atoms with Gasteiger partial charge in [-0.3, -0.25) is 0 Å². The maximum absolute atomic E-state index is 4.30. The van der Waals surface area contributed by atoms with Gasteiger partial charge in [0, 0.05) is 0 Å². The summed E-state index contributed by atoms with van der Waals surface area (Å²) in [6.07, 6.45) is 17.5. The Morgan fingerprint density at radius 2 is 1.77 bits per heavy atom.